The molecule has 0 bridgehead atoms. The molecule has 11 heteroatoms. The first-order valence-corrected chi connectivity index (χ1v) is 14.1. The molecular weight excluding hydrogens is 554 g/mol. The van der Waals surface area contributed by atoms with E-state index >= 15 is 0 Å². The van der Waals surface area contributed by atoms with Crippen molar-refractivity contribution in [1.29, 1.82) is 0 Å². The number of β-amino-alcohol motifs (C(OH)–C–C–N with tert-alkyl or cyclic N) is 1. The molecule has 11 nitrogen and oxygen atoms in total. The summed E-state index contributed by atoms with van der Waals surface area (Å²) in [5.74, 6) is 1.31. The molecule has 3 amide bonds. The molecule has 0 aliphatic carbocycles. The Bertz CT molecular complexity index is 1290. The Morgan fingerprint density at radius 2 is 1.81 bits per heavy atom. The van der Waals surface area contributed by atoms with Crippen LogP contribution in [0.2, 0.25) is 0 Å². The summed E-state index contributed by atoms with van der Waals surface area (Å²) in [7, 11) is 0. The molecule has 2 aromatic rings. The van der Waals surface area contributed by atoms with Gasteiger partial charge in [-0.1, -0.05) is 50.1 Å². The van der Waals surface area contributed by atoms with Crippen LogP contribution in [0.25, 0.3) is 0 Å². The van der Waals surface area contributed by atoms with Crippen molar-refractivity contribution in [1.82, 2.24) is 15.5 Å². The average Bonchev–Trinajstić information content (AvgIpc) is 3.39. The van der Waals surface area contributed by atoms with Crippen molar-refractivity contribution >= 4 is 23.9 Å². The number of aliphatic hydroxyl groups excluding tert-OH is 1. The van der Waals surface area contributed by atoms with E-state index in [0.29, 0.717) is 5.56 Å². The summed E-state index contributed by atoms with van der Waals surface area (Å²) in [4.78, 5) is 53.2. The third kappa shape index (κ3) is 9.84. The molecule has 230 valence electrons. The van der Waals surface area contributed by atoms with E-state index in [4.69, 9.17) is 20.6 Å². The summed E-state index contributed by atoms with van der Waals surface area (Å²) < 4.78 is 15.7. The molecular formula is C32H39N3O8. The Morgan fingerprint density at radius 1 is 1.12 bits per heavy atom. The fraction of sp³-hybridized carbons (Fsp3) is 0.438. The molecule has 3 N–H and O–H groups in total. The summed E-state index contributed by atoms with van der Waals surface area (Å²) in [6, 6.07) is 13.4. The number of hydrogen-bond donors (Lipinski definition) is 3. The minimum atomic E-state index is -1.16. The van der Waals surface area contributed by atoms with Crippen molar-refractivity contribution in [2.45, 2.75) is 58.3 Å². The largest absolute Gasteiger partial charge is 0.464 e. The zero-order chi connectivity index (χ0) is 31.4. The predicted octanol–water partition coefficient (Wildman–Crippen LogP) is 2.40. The summed E-state index contributed by atoms with van der Waals surface area (Å²) in [5, 5.41) is 16.0. The number of carbonyl (C=O) groups is 4. The predicted molar refractivity (Wildman–Crippen MR) is 158 cm³/mol. The second-order valence-corrected chi connectivity index (χ2v) is 10.8. The van der Waals surface area contributed by atoms with Crippen LogP contribution >= 0.6 is 0 Å². The lowest BCUT2D eigenvalue weighted by atomic mass is 9.80. The minimum absolute atomic E-state index is 0.0395. The quantitative estimate of drug-likeness (QED) is 0.183. The number of terminal acetylenes is 1. The molecule has 1 aliphatic rings. The fourth-order valence-electron chi connectivity index (χ4n) is 4.67. The molecule has 1 saturated heterocycles. The van der Waals surface area contributed by atoms with Crippen molar-refractivity contribution < 1.29 is 38.5 Å². The van der Waals surface area contributed by atoms with Gasteiger partial charge in [-0.15, -0.1) is 6.42 Å². The van der Waals surface area contributed by atoms with Crippen molar-refractivity contribution in [3.8, 4) is 18.1 Å². The van der Waals surface area contributed by atoms with Crippen LogP contribution in [0, 0.1) is 17.8 Å². The maximum atomic E-state index is 14.0. The van der Waals surface area contributed by atoms with Gasteiger partial charge >= 0.3 is 12.1 Å². The second kappa shape index (κ2) is 15.7. The second-order valence-electron chi connectivity index (χ2n) is 10.8. The van der Waals surface area contributed by atoms with Gasteiger partial charge in [-0.3, -0.25) is 9.59 Å². The van der Waals surface area contributed by atoms with Crippen molar-refractivity contribution in [3.05, 3.63) is 65.7 Å². The number of nitrogens with one attached hydrogen (secondary N) is 2. The zero-order valence-corrected chi connectivity index (χ0v) is 24.7. The number of para-hydroxylation sites is 1. The number of amides is 3. The molecule has 0 aromatic heterocycles. The first kappa shape index (κ1) is 33.1. The first-order chi connectivity index (χ1) is 20.5. The van der Waals surface area contributed by atoms with Gasteiger partial charge in [0.25, 0.3) is 0 Å². The van der Waals surface area contributed by atoms with Crippen LogP contribution in [0.4, 0.5) is 4.79 Å². The lowest BCUT2D eigenvalue weighted by Crippen LogP contribution is -2.59. The van der Waals surface area contributed by atoms with E-state index in [0.717, 1.165) is 5.56 Å². The summed E-state index contributed by atoms with van der Waals surface area (Å²) in [5.41, 5.74) is 0.606. The number of esters is 1. The Kier molecular flexibility index (Phi) is 12.1. The van der Waals surface area contributed by atoms with Gasteiger partial charge in [0, 0.05) is 31.7 Å². The minimum Gasteiger partial charge on any atom is -0.464 e. The lowest BCUT2D eigenvalue weighted by Gasteiger charge is -2.37. The fourth-order valence-corrected chi connectivity index (χ4v) is 4.67. The van der Waals surface area contributed by atoms with Gasteiger partial charge in [-0.25, -0.2) is 9.59 Å². The number of hydrogen-bond acceptors (Lipinski definition) is 8. The Hall–Kier alpha value is -4.40. The van der Waals surface area contributed by atoms with Gasteiger partial charge in [0.1, 0.15) is 24.4 Å². The number of aliphatic hydroxyl groups is 1. The zero-order valence-electron chi connectivity index (χ0n) is 24.7. The Labute approximate surface area is 251 Å². The third-order valence-corrected chi connectivity index (χ3v) is 7.11. The van der Waals surface area contributed by atoms with E-state index in [1.165, 1.54) is 4.90 Å². The highest BCUT2D eigenvalue weighted by Crippen LogP contribution is 2.30. The molecule has 0 spiro atoms. The smallest absolute Gasteiger partial charge is 0.413 e. The van der Waals surface area contributed by atoms with Crippen LogP contribution in [0.5, 0.6) is 5.75 Å². The van der Waals surface area contributed by atoms with Gasteiger partial charge in [-0.2, -0.15) is 0 Å². The SMILES string of the molecule is C#Cc1ccc(CNC(=O)[C@@H]2C[C@@H](O)CN2C(=O)[C@H](NC(=O)Oc2ccccc2)C(C)(C)CCOCC(=O)OCC)cc1. The maximum absolute atomic E-state index is 14.0. The molecule has 3 rings (SSSR count). The summed E-state index contributed by atoms with van der Waals surface area (Å²) in [6.45, 7) is 5.39. The molecule has 0 unspecified atom stereocenters. The van der Waals surface area contributed by atoms with Crippen LogP contribution in [0.15, 0.2) is 54.6 Å². The van der Waals surface area contributed by atoms with E-state index in [1.807, 2.05) is 0 Å². The highest BCUT2D eigenvalue weighted by Gasteiger charge is 2.46. The summed E-state index contributed by atoms with van der Waals surface area (Å²) >= 11 is 0. The van der Waals surface area contributed by atoms with Gasteiger partial charge < -0.3 is 34.9 Å². The average molecular weight is 594 g/mol. The van der Waals surface area contributed by atoms with E-state index in [9.17, 15) is 24.3 Å². The molecule has 1 heterocycles. The maximum Gasteiger partial charge on any atom is 0.413 e. The van der Waals surface area contributed by atoms with E-state index in [2.05, 4.69) is 16.6 Å². The molecule has 1 aliphatic heterocycles. The van der Waals surface area contributed by atoms with E-state index in [1.54, 1.807) is 75.4 Å². The molecule has 0 saturated carbocycles. The number of benzene rings is 2. The Balaban J connectivity index is 1.75. The highest BCUT2D eigenvalue weighted by atomic mass is 16.6. The monoisotopic (exact) mass is 593 g/mol. The van der Waals surface area contributed by atoms with Gasteiger partial charge in [0.05, 0.1) is 12.7 Å². The topological polar surface area (TPSA) is 144 Å². The van der Waals surface area contributed by atoms with Crippen LogP contribution < -0.4 is 15.4 Å². The van der Waals surface area contributed by atoms with Crippen LogP contribution in [0.3, 0.4) is 0 Å². The normalized spacial score (nSPS) is 17.0. The molecule has 2 aromatic carbocycles. The number of nitrogens with zero attached hydrogens (tertiary/aromatic N) is 1. The number of likely N-dealkylation sites (tertiary alicyclic amines) is 1. The van der Waals surface area contributed by atoms with E-state index < -0.39 is 47.5 Å². The van der Waals surface area contributed by atoms with Crippen LogP contribution in [-0.2, 0) is 30.4 Å². The van der Waals surface area contributed by atoms with Crippen LogP contribution in [-0.4, -0.2) is 78.4 Å². The summed E-state index contributed by atoms with van der Waals surface area (Å²) in [6.07, 6.45) is 3.91. The van der Waals surface area contributed by atoms with Gasteiger partial charge in [0.2, 0.25) is 11.8 Å². The lowest BCUT2D eigenvalue weighted by molar-refractivity contribution is -0.149. The molecule has 43 heavy (non-hydrogen) atoms. The van der Waals surface area contributed by atoms with Crippen molar-refractivity contribution in [2.75, 3.05) is 26.4 Å². The highest BCUT2D eigenvalue weighted by molar-refractivity contribution is 5.92. The third-order valence-electron chi connectivity index (χ3n) is 7.11. The number of ether oxygens (including phenoxy) is 3. The number of rotatable bonds is 13. The Morgan fingerprint density at radius 3 is 2.47 bits per heavy atom. The van der Waals surface area contributed by atoms with Gasteiger partial charge in [-0.05, 0) is 48.6 Å². The molecule has 1 fully saturated rings. The molecule has 3 atom stereocenters. The first-order valence-electron chi connectivity index (χ1n) is 14.1. The van der Waals surface area contributed by atoms with Crippen molar-refractivity contribution in [2.24, 2.45) is 5.41 Å². The standard InChI is InChI=1S/C32H39N3O8/c1-5-22-12-14-23(15-13-22)19-33-29(38)26-18-24(36)20-35(26)30(39)28(34-31(40)43-25-10-8-7-9-11-25)32(3,4)16-17-41-21-27(37)42-6-2/h1,7-15,24,26,28,36H,6,16-21H2,2-4H3,(H,33,38)(H,34,40)/t24-,26+,28+/m1/s1. The number of carbonyl (C=O) groups excluding carboxylic acids is 4. The van der Waals surface area contributed by atoms with E-state index in [-0.39, 0.29) is 51.5 Å². The van der Waals surface area contributed by atoms with Crippen LogP contribution in [0.1, 0.15) is 44.7 Å². The molecule has 0 radical (unpaired) electrons. The van der Waals surface area contributed by atoms with Crippen molar-refractivity contribution in [3.63, 3.8) is 0 Å². The van der Waals surface area contributed by atoms with Gasteiger partial charge in [0.15, 0.2) is 0 Å².